The highest BCUT2D eigenvalue weighted by Crippen LogP contribution is 2.35. The monoisotopic (exact) mass is 398 g/mol. The van der Waals surface area contributed by atoms with E-state index in [0.29, 0.717) is 10.7 Å². The summed E-state index contributed by atoms with van der Waals surface area (Å²) in [7, 11) is 0. The van der Waals surface area contributed by atoms with Crippen molar-refractivity contribution in [1.29, 1.82) is 0 Å². The molecule has 146 valence electrons. The van der Waals surface area contributed by atoms with Crippen molar-refractivity contribution in [2.75, 3.05) is 24.6 Å². The van der Waals surface area contributed by atoms with Gasteiger partial charge in [-0.2, -0.15) is 0 Å². The van der Waals surface area contributed by atoms with Crippen LogP contribution in [0.1, 0.15) is 41.6 Å². The Kier molecular flexibility index (Phi) is 4.98. The second-order valence-electron chi connectivity index (χ2n) is 7.01. The van der Waals surface area contributed by atoms with Crippen LogP contribution in [0.15, 0.2) is 24.3 Å². The number of hydrogen-bond acceptors (Lipinski definition) is 5. The van der Waals surface area contributed by atoms with Gasteiger partial charge in [-0.25, -0.2) is 14.8 Å². The lowest BCUT2D eigenvalue weighted by atomic mass is 10.2. The molecule has 1 saturated heterocycles. The van der Waals surface area contributed by atoms with Crippen LogP contribution >= 0.6 is 11.6 Å². The average Bonchev–Trinajstić information content (AvgIpc) is 3.29. The second kappa shape index (κ2) is 7.43. The number of anilines is 1. The number of rotatable bonds is 4. The minimum Gasteiger partial charge on any atom is -0.460 e. The van der Waals surface area contributed by atoms with Gasteiger partial charge in [0, 0.05) is 29.5 Å². The van der Waals surface area contributed by atoms with E-state index >= 15 is 0 Å². The SMILES string of the molecule is CCOC(=O)c1nc(N2CCCC2)c2c(C)c(C)n(-c3cccc(Cl)c3)c2n1. The van der Waals surface area contributed by atoms with Gasteiger partial charge < -0.3 is 9.64 Å². The van der Waals surface area contributed by atoms with Crippen molar-refractivity contribution in [3.05, 3.63) is 46.4 Å². The molecule has 0 aliphatic carbocycles. The van der Waals surface area contributed by atoms with Crippen LogP contribution in [-0.2, 0) is 4.74 Å². The van der Waals surface area contributed by atoms with Crippen molar-refractivity contribution >= 4 is 34.4 Å². The first-order chi connectivity index (χ1) is 13.5. The fourth-order valence-corrected chi connectivity index (χ4v) is 4.00. The van der Waals surface area contributed by atoms with E-state index in [0.717, 1.165) is 54.1 Å². The number of esters is 1. The predicted molar refractivity (Wildman–Crippen MR) is 111 cm³/mol. The van der Waals surface area contributed by atoms with Gasteiger partial charge >= 0.3 is 5.97 Å². The third-order valence-corrected chi connectivity index (χ3v) is 5.50. The summed E-state index contributed by atoms with van der Waals surface area (Å²) in [5, 5.41) is 1.63. The standard InChI is InChI=1S/C21H23ClN4O2/c1-4-28-21(27)18-23-19(25-10-5-6-11-25)17-13(2)14(3)26(20(17)24-18)16-9-7-8-15(22)12-16/h7-9,12H,4-6,10-11H2,1-3H3. The van der Waals surface area contributed by atoms with Gasteiger partial charge in [0.1, 0.15) is 5.82 Å². The summed E-state index contributed by atoms with van der Waals surface area (Å²) in [4.78, 5) is 23.9. The Hall–Kier alpha value is -2.60. The number of carbonyl (C=O) groups is 1. The normalized spacial score (nSPS) is 14.1. The van der Waals surface area contributed by atoms with Gasteiger partial charge in [-0.05, 0) is 57.4 Å². The van der Waals surface area contributed by atoms with E-state index in [1.54, 1.807) is 6.92 Å². The second-order valence-corrected chi connectivity index (χ2v) is 7.45. The zero-order valence-electron chi connectivity index (χ0n) is 16.3. The highest BCUT2D eigenvalue weighted by molar-refractivity contribution is 6.30. The lowest BCUT2D eigenvalue weighted by molar-refractivity contribution is 0.0512. The molecule has 0 spiro atoms. The number of fused-ring (bicyclic) bond motifs is 1. The molecule has 28 heavy (non-hydrogen) atoms. The summed E-state index contributed by atoms with van der Waals surface area (Å²) in [6.07, 6.45) is 2.24. The number of carbonyl (C=O) groups excluding carboxylic acids is 1. The highest BCUT2D eigenvalue weighted by Gasteiger charge is 2.26. The predicted octanol–water partition coefficient (Wildman–Crippen LogP) is 4.47. The van der Waals surface area contributed by atoms with Crippen LogP contribution in [-0.4, -0.2) is 40.2 Å². The van der Waals surface area contributed by atoms with Gasteiger partial charge in [-0.3, -0.25) is 4.57 Å². The molecule has 0 atom stereocenters. The number of nitrogens with zero attached hydrogens (tertiary/aromatic N) is 4. The van der Waals surface area contributed by atoms with Gasteiger partial charge in [0.05, 0.1) is 12.0 Å². The van der Waals surface area contributed by atoms with E-state index in [4.69, 9.17) is 16.3 Å². The molecular weight excluding hydrogens is 376 g/mol. The number of benzene rings is 1. The summed E-state index contributed by atoms with van der Waals surface area (Å²) >= 11 is 6.23. The summed E-state index contributed by atoms with van der Waals surface area (Å²) in [5.41, 5.74) is 3.77. The molecule has 3 heterocycles. The Morgan fingerprint density at radius 3 is 2.64 bits per heavy atom. The summed E-state index contributed by atoms with van der Waals surface area (Å²) in [6.45, 7) is 8.04. The molecule has 1 aliphatic heterocycles. The molecule has 7 heteroatoms. The molecular formula is C21H23ClN4O2. The van der Waals surface area contributed by atoms with Gasteiger partial charge in [0.2, 0.25) is 5.82 Å². The molecule has 0 unspecified atom stereocenters. The molecule has 1 aromatic carbocycles. The van der Waals surface area contributed by atoms with Gasteiger partial charge in [0.15, 0.2) is 5.65 Å². The van der Waals surface area contributed by atoms with Crippen LogP contribution in [0.3, 0.4) is 0 Å². The number of aryl methyl sites for hydroxylation is 1. The number of aromatic nitrogens is 3. The summed E-state index contributed by atoms with van der Waals surface area (Å²) in [5.74, 6) is 0.406. The van der Waals surface area contributed by atoms with Crippen LogP contribution in [0.4, 0.5) is 5.82 Å². The Morgan fingerprint density at radius 1 is 1.21 bits per heavy atom. The lowest BCUT2D eigenvalue weighted by Crippen LogP contribution is -2.22. The van der Waals surface area contributed by atoms with Gasteiger partial charge in [-0.1, -0.05) is 17.7 Å². The van der Waals surface area contributed by atoms with Crippen molar-refractivity contribution in [3.63, 3.8) is 0 Å². The van der Waals surface area contributed by atoms with E-state index in [1.807, 2.05) is 28.8 Å². The van der Waals surface area contributed by atoms with E-state index in [1.165, 1.54) is 0 Å². The first kappa shape index (κ1) is 18.7. The molecule has 6 nitrogen and oxygen atoms in total. The van der Waals surface area contributed by atoms with Gasteiger partial charge in [-0.15, -0.1) is 0 Å². The summed E-state index contributed by atoms with van der Waals surface area (Å²) in [6, 6.07) is 7.63. The first-order valence-electron chi connectivity index (χ1n) is 9.59. The van der Waals surface area contributed by atoms with E-state index < -0.39 is 5.97 Å². The molecule has 0 N–H and O–H groups in total. The van der Waals surface area contributed by atoms with Crippen molar-refractivity contribution < 1.29 is 9.53 Å². The molecule has 0 saturated carbocycles. The maximum atomic E-state index is 12.5. The molecule has 0 amide bonds. The van der Waals surface area contributed by atoms with Crippen molar-refractivity contribution in [2.24, 2.45) is 0 Å². The molecule has 1 aliphatic rings. The van der Waals surface area contributed by atoms with Crippen molar-refractivity contribution in [3.8, 4) is 5.69 Å². The third-order valence-electron chi connectivity index (χ3n) is 5.27. The highest BCUT2D eigenvalue weighted by atomic mass is 35.5. The quantitative estimate of drug-likeness (QED) is 0.607. The van der Waals surface area contributed by atoms with E-state index in [-0.39, 0.29) is 12.4 Å². The van der Waals surface area contributed by atoms with Crippen LogP contribution < -0.4 is 4.90 Å². The van der Waals surface area contributed by atoms with E-state index in [9.17, 15) is 4.79 Å². The number of ether oxygens (including phenoxy) is 1. The number of hydrogen-bond donors (Lipinski definition) is 0. The largest absolute Gasteiger partial charge is 0.460 e. The average molecular weight is 399 g/mol. The zero-order valence-corrected chi connectivity index (χ0v) is 17.1. The molecule has 0 radical (unpaired) electrons. The minimum atomic E-state index is -0.501. The van der Waals surface area contributed by atoms with E-state index in [2.05, 4.69) is 28.7 Å². The van der Waals surface area contributed by atoms with Crippen LogP contribution in [0.2, 0.25) is 5.02 Å². The van der Waals surface area contributed by atoms with Crippen molar-refractivity contribution in [2.45, 2.75) is 33.6 Å². The molecule has 2 aromatic heterocycles. The smallest absolute Gasteiger partial charge is 0.376 e. The summed E-state index contributed by atoms with van der Waals surface area (Å²) < 4.78 is 7.23. The number of halogens is 1. The molecule has 1 fully saturated rings. The Labute approximate surface area is 169 Å². The first-order valence-corrected chi connectivity index (χ1v) is 9.96. The maximum absolute atomic E-state index is 12.5. The van der Waals surface area contributed by atoms with Crippen LogP contribution in [0, 0.1) is 13.8 Å². The van der Waals surface area contributed by atoms with Crippen molar-refractivity contribution in [1.82, 2.24) is 14.5 Å². The lowest BCUT2D eigenvalue weighted by Gasteiger charge is -2.18. The van der Waals surface area contributed by atoms with Gasteiger partial charge in [0.25, 0.3) is 0 Å². The molecule has 0 bridgehead atoms. The maximum Gasteiger partial charge on any atom is 0.376 e. The van der Waals surface area contributed by atoms with Crippen LogP contribution in [0.25, 0.3) is 16.7 Å². The fourth-order valence-electron chi connectivity index (χ4n) is 3.82. The molecule has 4 rings (SSSR count). The minimum absolute atomic E-state index is 0.0945. The van der Waals surface area contributed by atoms with Crippen LogP contribution in [0.5, 0.6) is 0 Å². The zero-order chi connectivity index (χ0) is 19.8. The Balaban J connectivity index is 2.03. The fraction of sp³-hybridized carbons (Fsp3) is 0.381. The topological polar surface area (TPSA) is 60.2 Å². The third kappa shape index (κ3) is 3.11. The molecule has 3 aromatic rings. The Bertz CT molecular complexity index is 1050. The Morgan fingerprint density at radius 2 is 1.96 bits per heavy atom.